The molecule has 0 radical (unpaired) electrons. The molecule has 2 N–H and O–H groups in total. The Kier molecular flexibility index (Phi) is 4.26. The zero-order chi connectivity index (χ0) is 13.2. The lowest BCUT2D eigenvalue weighted by Gasteiger charge is -2.23. The number of thioether (sulfide) groups is 1. The van der Waals surface area contributed by atoms with Gasteiger partial charge in [-0.15, -0.1) is 0 Å². The summed E-state index contributed by atoms with van der Waals surface area (Å²) in [5, 5.41) is 1.18. The molecule has 96 valence electrons. The van der Waals surface area contributed by atoms with Crippen molar-refractivity contribution >= 4 is 22.8 Å². The number of nitrogens with zero attached hydrogens (tertiary/aromatic N) is 3. The molecule has 1 aliphatic heterocycles. The van der Waals surface area contributed by atoms with Crippen molar-refractivity contribution in [2.24, 2.45) is 16.3 Å². The maximum absolute atomic E-state index is 11.9. The fraction of sp³-hybridized carbons (Fsp3) is 0.800. The molecule has 0 aliphatic carbocycles. The highest BCUT2D eigenvalue weighted by atomic mass is 32.2. The first kappa shape index (κ1) is 14.1. The molecule has 0 fully saturated rings. The van der Waals surface area contributed by atoms with Gasteiger partial charge < -0.3 is 0 Å². The Hall–Kier alpha value is -0.950. The largest absolute Gasteiger partial charge is 0.325 e. The van der Waals surface area contributed by atoms with Crippen molar-refractivity contribution in [3.8, 4) is 0 Å². The summed E-state index contributed by atoms with van der Waals surface area (Å²) in [6.45, 7) is 7.81. The van der Waals surface area contributed by atoms with Crippen molar-refractivity contribution in [3.05, 3.63) is 4.91 Å². The summed E-state index contributed by atoms with van der Waals surface area (Å²) in [6, 6.07) is -0.818. The molecule has 1 rings (SSSR count). The van der Waals surface area contributed by atoms with E-state index < -0.39 is 11.9 Å². The third-order valence-electron chi connectivity index (χ3n) is 2.25. The van der Waals surface area contributed by atoms with Gasteiger partial charge in [0.1, 0.15) is 0 Å². The molecule has 6 nitrogen and oxygen atoms in total. The van der Waals surface area contributed by atoms with Crippen LogP contribution in [0.4, 0.5) is 0 Å². The lowest BCUT2D eigenvalue weighted by Crippen LogP contribution is -2.54. The number of amides is 1. The molecule has 1 amide bonds. The Morgan fingerprint density at radius 3 is 2.59 bits per heavy atom. The van der Waals surface area contributed by atoms with Crippen molar-refractivity contribution in [2.45, 2.75) is 40.2 Å². The third kappa shape index (κ3) is 3.50. The minimum atomic E-state index is -0.818. The molecule has 1 atom stereocenters. The number of carbonyl (C=O) groups excluding carboxylic acids is 1. The number of hydrogen-bond acceptors (Lipinski definition) is 4. The van der Waals surface area contributed by atoms with Gasteiger partial charge in [-0.2, -0.15) is 10.8 Å². The summed E-state index contributed by atoms with van der Waals surface area (Å²) in [4.78, 5) is 28.1. The summed E-state index contributed by atoms with van der Waals surface area (Å²) >= 11 is 1.28. The maximum Gasteiger partial charge on any atom is 0.325 e. The Morgan fingerprint density at radius 1 is 1.53 bits per heavy atom. The number of amidine groups is 1. The van der Waals surface area contributed by atoms with Gasteiger partial charge in [0.2, 0.25) is 5.17 Å². The number of nitroso groups, excluding NO2 is 1. The highest BCUT2D eigenvalue weighted by Gasteiger charge is 2.46. The Morgan fingerprint density at radius 2 is 2.12 bits per heavy atom. The van der Waals surface area contributed by atoms with Gasteiger partial charge in [0.25, 0.3) is 0 Å². The molecule has 0 aromatic carbocycles. The molecule has 0 bridgehead atoms. The van der Waals surface area contributed by atoms with Crippen molar-refractivity contribution < 1.29 is 9.66 Å². The molecule has 0 saturated carbocycles. The number of aliphatic imine (C=N–C) groups is 1. The van der Waals surface area contributed by atoms with Crippen LogP contribution in [-0.4, -0.2) is 32.9 Å². The SMILES string of the molecule is CCSC1=NC(=O)C(CC(C)(C)C)[N+](=O)N1N. The molecule has 0 saturated heterocycles. The molecular formula is C10H19N4O2S+. The van der Waals surface area contributed by atoms with Gasteiger partial charge in [-0.1, -0.05) is 39.5 Å². The second-order valence-electron chi connectivity index (χ2n) is 5.09. The van der Waals surface area contributed by atoms with Crippen LogP contribution in [0.3, 0.4) is 0 Å². The van der Waals surface area contributed by atoms with E-state index in [0.29, 0.717) is 17.0 Å². The average Bonchev–Trinajstić information content (AvgIpc) is 2.20. The van der Waals surface area contributed by atoms with Gasteiger partial charge in [-0.3, -0.25) is 4.79 Å². The van der Waals surface area contributed by atoms with E-state index >= 15 is 0 Å². The van der Waals surface area contributed by atoms with Crippen molar-refractivity contribution in [3.63, 3.8) is 0 Å². The predicted octanol–water partition coefficient (Wildman–Crippen LogP) is 1.31. The van der Waals surface area contributed by atoms with Crippen LogP contribution in [0.15, 0.2) is 4.99 Å². The molecule has 1 aliphatic rings. The fourth-order valence-corrected chi connectivity index (χ4v) is 2.15. The Balaban J connectivity index is 2.91. The average molecular weight is 259 g/mol. The summed E-state index contributed by atoms with van der Waals surface area (Å²) in [5.74, 6) is 5.92. The zero-order valence-corrected chi connectivity index (χ0v) is 11.5. The van der Waals surface area contributed by atoms with Gasteiger partial charge >= 0.3 is 11.9 Å². The van der Waals surface area contributed by atoms with Crippen LogP contribution >= 0.6 is 11.8 Å². The number of carbonyl (C=O) groups is 1. The maximum atomic E-state index is 11.9. The number of nitrogens with two attached hydrogens (primary N) is 1. The normalized spacial score (nSPS) is 21.8. The molecule has 17 heavy (non-hydrogen) atoms. The van der Waals surface area contributed by atoms with Crippen LogP contribution in [0.5, 0.6) is 0 Å². The van der Waals surface area contributed by atoms with Crippen LogP contribution in [0, 0.1) is 10.3 Å². The van der Waals surface area contributed by atoms with Crippen LogP contribution in [-0.2, 0) is 4.79 Å². The van der Waals surface area contributed by atoms with E-state index in [1.54, 1.807) is 0 Å². The van der Waals surface area contributed by atoms with Gasteiger partial charge in [0, 0.05) is 6.42 Å². The van der Waals surface area contributed by atoms with Gasteiger partial charge in [-0.05, 0) is 16.3 Å². The Bertz CT molecular complexity index is 362. The molecule has 0 aromatic heterocycles. The van der Waals surface area contributed by atoms with Crippen molar-refractivity contribution in [1.29, 1.82) is 0 Å². The van der Waals surface area contributed by atoms with Crippen LogP contribution < -0.4 is 5.84 Å². The minimum absolute atomic E-state index is 0.130. The smallest absolute Gasteiger partial charge is 0.264 e. The first-order valence-corrected chi connectivity index (χ1v) is 6.51. The van der Waals surface area contributed by atoms with Gasteiger partial charge in [0.05, 0.1) is 4.91 Å². The van der Waals surface area contributed by atoms with E-state index in [1.165, 1.54) is 11.8 Å². The second-order valence-corrected chi connectivity index (χ2v) is 6.32. The first-order chi connectivity index (χ1) is 7.76. The third-order valence-corrected chi connectivity index (χ3v) is 3.07. The van der Waals surface area contributed by atoms with Crippen LogP contribution in [0.2, 0.25) is 0 Å². The van der Waals surface area contributed by atoms with Crippen LogP contribution in [0.25, 0.3) is 0 Å². The van der Waals surface area contributed by atoms with E-state index in [0.717, 1.165) is 5.12 Å². The molecule has 1 heterocycles. The topological polar surface area (TPSA) is 78.8 Å². The molecule has 0 spiro atoms. The predicted molar refractivity (Wildman–Crippen MR) is 68.1 cm³/mol. The van der Waals surface area contributed by atoms with Crippen molar-refractivity contribution in [1.82, 2.24) is 5.12 Å². The lowest BCUT2D eigenvalue weighted by atomic mass is 9.88. The number of hydrazine groups is 2. The van der Waals surface area contributed by atoms with E-state index in [9.17, 15) is 9.70 Å². The quantitative estimate of drug-likeness (QED) is 0.597. The number of hydrogen-bond donors (Lipinski definition) is 1. The van der Waals surface area contributed by atoms with Crippen LogP contribution in [0.1, 0.15) is 34.1 Å². The summed E-state index contributed by atoms with van der Waals surface area (Å²) in [7, 11) is 0. The van der Waals surface area contributed by atoms with Crippen molar-refractivity contribution in [2.75, 3.05) is 5.75 Å². The first-order valence-electron chi connectivity index (χ1n) is 5.52. The van der Waals surface area contributed by atoms with E-state index in [4.69, 9.17) is 5.84 Å². The van der Waals surface area contributed by atoms with E-state index in [-0.39, 0.29) is 10.6 Å². The van der Waals surface area contributed by atoms with Gasteiger partial charge in [0.15, 0.2) is 4.87 Å². The fourth-order valence-electron chi connectivity index (χ4n) is 1.52. The summed E-state index contributed by atoms with van der Waals surface area (Å²) < 4.78 is 0. The molecular weight excluding hydrogens is 240 g/mol. The highest BCUT2D eigenvalue weighted by Crippen LogP contribution is 2.25. The number of rotatable bonds is 2. The molecule has 7 heteroatoms. The van der Waals surface area contributed by atoms with E-state index in [2.05, 4.69) is 4.99 Å². The summed E-state index contributed by atoms with van der Waals surface area (Å²) in [5.41, 5.74) is -0.130. The molecule has 0 aromatic rings. The zero-order valence-electron chi connectivity index (χ0n) is 10.6. The minimum Gasteiger partial charge on any atom is -0.264 e. The second kappa shape index (κ2) is 5.14. The van der Waals surface area contributed by atoms with E-state index in [1.807, 2.05) is 27.7 Å². The monoisotopic (exact) mass is 259 g/mol. The lowest BCUT2D eigenvalue weighted by molar-refractivity contribution is -0.707. The molecule has 1 unspecified atom stereocenters. The Labute approximate surface area is 105 Å². The highest BCUT2D eigenvalue weighted by molar-refractivity contribution is 8.13. The summed E-state index contributed by atoms with van der Waals surface area (Å²) in [6.07, 6.45) is 0.427. The van der Waals surface area contributed by atoms with Gasteiger partial charge in [-0.25, -0.2) is 0 Å². The standard InChI is InChI=1S/C10H19N4O2S/c1-5-17-9-12-8(15)7(6-10(2,3)4)14(16)13(9)11/h7H,5-6,11H2,1-4H3/q+1.